The quantitative estimate of drug-likeness (QED) is 0.683. The van der Waals surface area contributed by atoms with Crippen molar-refractivity contribution in [3.8, 4) is 17.2 Å². The summed E-state index contributed by atoms with van der Waals surface area (Å²) in [6.07, 6.45) is 0. The topological polar surface area (TPSA) is 40.6 Å². The van der Waals surface area contributed by atoms with Gasteiger partial charge in [-0.1, -0.05) is 0 Å². The summed E-state index contributed by atoms with van der Waals surface area (Å²) in [4.78, 5) is 4.65. The van der Waals surface area contributed by atoms with Gasteiger partial charge >= 0.3 is 0 Å². The normalized spacial score (nSPS) is 10.8. The highest BCUT2D eigenvalue weighted by Gasteiger charge is 2.08. The fourth-order valence-electron chi connectivity index (χ4n) is 2.27. The molecule has 0 aliphatic rings. The summed E-state index contributed by atoms with van der Waals surface area (Å²) >= 11 is 0. The lowest BCUT2D eigenvalue weighted by Crippen LogP contribution is -1.91. The highest BCUT2D eigenvalue weighted by molar-refractivity contribution is 5.97. The largest absolute Gasteiger partial charge is 0.497 e. The van der Waals surface area contributed by atoms with Crippen molar-refractivity contribution < 1.29 is 14.2 Å². The molecule has 4 nitrogen and oxygen atoms in total. The SMILES string of the molecule is COc1ccc2nc3cc(OC)cc(OC)c3cc2c1. The van der Waals surface area contributed by atoms with Crippen molar-refractivity contribution in [2.75, 3.05) is 21.3 Å². The first-order chi connectivity index (χ1) is 9.75. The van der Waals surface area contributed by atoms with E-state index in [0.29, 0.717) is 0 Å². The van der Waals surface area contributed by atoms with Gasteiger partial charge in [-0.2, -0.15) is 0 Å². The van der Waals surface area contributed by atoms with E-state index >= 15 is 0 Å². The molecule has 20 heavy (non-hydrogen) atoms. The lowest BCUT2D eigenvalue weighted by atomic mass is 10.1. The zero-order chi connectivity index (χ0) is 14.1. The van der Waals surface area contributed by atoms with Gasteiger partial charge in [-0.3, -0.25) is 0 Å². The summed E-state index contributed by atoms with van der Waals surface area (Å²) in [7, 11) is 4.93. The Balaban J connectivity index is 2.34. The molecule has 0 N–H and O–H groups in total. The van der Waals surface area contributed by atoms with Gasteiger partial charge in [0.15, 0.2) is 0 Å². The number of pyridine rings is 1. The standard InChI is InChI=1S/C16H15NO3/c1-18-11-4-5-14-10(6-11)7-13-15(17-14)8-12(19-2)9-16(13)20-3/h4-9H,1-3H3. The Bertz CT molecular complexity index is 783. The van der Waals surface area contributed by atoms with E-state index in [2.05, 4.69) is 11.1 Å². The fourth-order valence-corrected chi connectivity index (χ4v) is 2.27. The third-order valence-electron chi connectivity index (χ3n) is 3.32. The number of hydrogen-bond donors (Lipinski definition) is 0. The van der Waals surface area contributed by atoms with Gasteiger partial charge in [-0.25, -0.2) is 4.98 Å². The van der Waals surface area contributed by atoms with E-state index in [9.17, 15) is 0 Å². The predicted molar refractivity (Wildman–Crippen MR) is 78.9 cm³/mol. The monoisotopic (exact) mass is 269 g/mol. The van der Waals surface area contributed by atoms with Crippen LogP contribution < -0.4 is 14.2 Å². The van der Waals surface area contributed by atoms with E-state index < -0.39 is 0 Å². The molecular weight excluding hydrogens is 254 g/mol. The van der Waals surface area contributed by atoms with E-state index in [4.69, 9.17) is 14.2 Å². The number of hydrogen-bond acceptors (Lipinski definition) is 4. The van der Waals surface area contributed by atoms with E-state index in [1.165, 1.54) is 0 Å². The Labute approximate surface area is 116 Å². The van der Waals surface area contributed by atoms with E-state index in [0.717, 1.165) is 39.1 Å². The number of benzene rings is 2. The van der Waals surface area contributed by atoms with Crippen LogP contribution in [-0.4, -0.2) is 26.3 Å². The molecule has 0 fully saturated rings. The zero-order valence-corrected chi connectivity index (χ0v) is 11.6. The van der Waals surface area contributed by atoms with Crippen LogP contribution in [0.2, 0.25) is 0 Å². The molecule has 0 saturated heterocycles. The van der Waals surface area contributed by atoms with Crippen molar-refractivity contribution in [2.45, 2.75) is 0 Å². The zero-order valence-electron chi connectivity index (χ0n) is 11.6. The average Bonchev–Trinajstić information content (AvgIpc) is 2.51. The number of rotatable bonds is 3. The first-order valence-corrected chi connectivity index (χ1v) is 6.25. The molecule has 0 unspecified atom stereocenters. The molecule has 0 bridgehead atoms. The maximum Gasteiger partial charge on any atom is 0.131 e. The van der Waals surface area contributed by atoms with Crippen molar-refractivity contribution >= 4 is 21.8 Å². The number of aromatic nitrogens is 1. The summed E-state index contributed by atoms with van der Waals surface area (Å²) in [6.45, 7) is 0. The lowest BCUT2D eigenvalue weighted by Gasteiger charge is -2.10. The first-order valence-electron chi connectivity index (χ1n) is 6.25. The van der Waals surface area contributed by atoms with Gasteiger partial charge in [-0.05, 0) is 24.3 Å². The highest BCUT2D eigenvalue weighted by Crippen LogP contribution is 2.33. The molecular formula is C16H15NO3. The first kappa shape index (κ1) is 12.5. The summed E-state index contributed by atoms with van der Waals surface area (Å²) in [5.74, 6) is 2.29. The van der Waals surface area contributed by atoms with Crippen LogP contribution in [0.25, 0.3) is 21.8 Å². The van der Waals surface area contributed by atoms with Crippen LogP contribution in [-0.2, 0) is 0 Å². The minimum atomic E-state index is 0.731. The molecule has 4 heteroatoms. The van der Waals surface area contributed by atoms with Gasteiger partial charge in [0.05, 0.1) is 32.4 Å². The second-order valence-electron chi connectivity index (χ2n) is 4.44. The third kappa shape index (κ3) is 1.99. The number of fused-ring (bicyclic) bond motifs is 2. The second-order valence-corrected chi connectivity index (χ2v) is 4.44. The van der Waals surface area contributed by atoms with E-state index in [1.807, 2.05) is 30.3 Å². The lowest BCUT2D eigenvalue weighted by molar-refractivity contribution is 0.398. The van der Waals surface area contributed by atoms with Crippen molar-refractivity contribution in [2.24, 2.45) is 0 Å². The molecule has 1 heterocycles. The molecule has 0 aliphatic heterocycles. The van der Waals surface area contributed by atoms with Crippen molar-refractivity contribution in [1.29, 1.82) is 0 Å². The Kier molecular flexibility index (Phi) is 3.06. The Morgan fingerprint density at radius 1 is 0.750 bits per heavy atom. The molecule has 0 spiro atoms. The molecule has 0 radical (unpaired) electrons. The van der Waals surface area contributed by atoms with Crippen LogP contribution in [0.1, 0.15) is 0 Å². The molecule has 0 aliphatic carbocycles. The summed E-state index contributed by atoms with van der Waals surface area (Å²) in [5, 5.41) is 1.97. The van der Waals surface area contributed by atoms with Gasteiger partial charge < -0.3 is 14.2 Å². The summed E-state index contributed by atoms with van der Waals surface area (Å²) < 4.78 is 15.9. The molecule has 0 atom stereocenters. The molecule has 3 rings (SSSR count). The average molecular weight is 269 g/mol. The maximum absolute atomic E-state index is 5.42. The molecule has 2 aromatic carbocycles. The highest BCUT2D eigenvalue weighted by atomic mass is 16.5. The van der Waals surface area contributed by atoms with E-state index in [1.54, 1.807) is 21.3 Å². The smallest absolute Gasteiger partial charge is 0.131 e. The summed E-state index contributed by atoms with van der Waals surface area (Å²) in [5.41, 5.74) is 1.76. The van der Waals surface area contributed by atoms with Crippen molar-refractivity contribution in [1.82, 2.24) is 4.98 Å². The number of methoxy groups -OCH3 is 3. The van der Waals surface area contributed by atoms with Crippen LogP contribution >= 0.6 is 0 Å². The fraction of sp³-hybridized carbons (Fsp3) is 0.188. The van der Waals surface area contributed by atoms with E-state index in [-0.39, 0.29) is 0 Å². The second kappa shape index (κ2) is 4.89. The third-order valence-corrected chi connectivity index (χ3v) is 3.32. The van der Waals surface area contributed by atoms with Crippen LogP contribution in [0.4, 0.5) is 0 Å². The van der Waals surface area contributed by atoms with Crippen LogP contribution in [0.5, 0.6) is 17.2 Å². The van der Waals surface area contributed by atoms with Crippen molar-refractivity contribution in [3.63, 3.8) is 0 Å². The molecule has 3 aromatic rings. The van der Waals surface area contributed by atoms with Gasteiger partial charge in [0.2, 0.25) is 0 Å². The summed E-state index contributed by atoms with van der Waals surface area (Å²) in [6, 6.07) is 11.6. The Morgan fingerprint density at radius 2 is 1.55 bits per heavy atom. The number of ether oxygens (including phenoxy) is 3. The minimum absolute atomic E-state index is 0.731. The molecule has 1 aromatic heterocycles. The van der Waals surface area contributed by atoms with Gasteiger partial charge in [0.25, 0.3) is 0 Å². The minimum Gasteiger partial charge on any atom is -0.497 e. The van der Waals surface area contributed by atoms with Crippen LogP contribution in [0.15, 0.2) is 36.4 Å². The Morgan fingerprint density at radius 3 is 2.25 bits per heavy atom. The van der Waals surface area contributed by atoms with Gasteiger partial charge in [0.1, 0.15) is 17.2 Å². The molecule has 0 saturated carbocycles. The molecule has 0 amide bonds. The van der Waals surface area contributed by atoms with Crippen LogP contribution in [0, 0.1) is 0 Å². The van der Waals surface area contributed by atoms with Crippen molar-refractivity contribution in [3.05, 3.63) is 36.4 Å². The number of nitrogens with zero attached hydrogens (tertiary/aromatic N) is 1. The predicted octanol–water partition coefficient (Wildman–Crippen LogP) is 3.41. The van der Waals surface area contributed by atoms with Gasteiger partial charge in [0, 0.05) is 22.9 Å². The maximum atomic E-state index is 5.42. The Hall–Kier alpha value is -2.49. The van der Waals surface area contributed by atoms with Gasteiger partial charge in [-0.15, -0.1) is 0 Å². The molecule has 102 valence electrons. The van der Waals surface area contributed by atoms with Crippen LogP contribution in [0.3, 0.4) is 0 Å².